The molecule has 0 heterocycles. The molecule has 1 aromatic carbocycles. The van der Waals surface area contributed by atoms with E-state index in [4.69, 9.17) is 10.5 Å². The summed E-state index contributed by atoms with van der Waals surface area (Å²) < 4.78 is 5.33. The molecule has 1 aliphatic carbocycles. The molecular weight excluding hydrogens is 248 g/mol. The number of hydrogen-bond donors (Lipinski definition) is 1. The van der Waals surface area contributed by atoms with Crippen LogP contribution in [0, 0.1) is 0 Å². The second-order valence-electron chi connectivity index (χ2n) is 5.88. The average molecular weight is 276 g/mol. The van der Waals surface area contributed by atoms with Crippen molar-refractivity contribution in [3.63, 3.8) is 0 Å². The van der Waals surface area contributed by atoms with Gasteiger partial charge in [-0.15, -0.1) is 0 Å². The molecule has 0 amide bonds. The third-order valence-corrected chi connectivity index (χ3v) is 4.52. The number of aryl methyl sites for hydroxylation is 1. The highest BCUT2D eigenvalue weighted by Crippen LogP contribution is 2.33. The van der Waals surface area contributed by atoms with Crippen molar-refractivity contribution in [3.05, 3.63) is 29.3 Å². The van der Waals surface area contributed by atoms with Crippen LogP contribution in [0.2, 0.25) is 0 Å². The van der Waals surface area contributed by atoms with Gasteiger partial charge in [-0.1, -0.05) is 25.8 Å². The van der Waals surface area contributed by atoms with E-state index in [0.717, 1.165) is 25.1 Å². The normalized spacial score (nSPS) is 21.9. The van der Waals surface area contributed by atoms with Crippen LogP contribution in [0.4, 0.5) is 0 Å². The number of hydrogen-bond acceptors (Lipinski definition) is 3. The zero-order valence-electron chi connectivity index (χ0n) is 13.1. The van der Waals surface area contributed by atoms with Gasteiger partial charge in [-0.25, -0.2) is 0 Å². The minimum Gasteiger partial charge on any atom is -0.497 e. The van der Waals surface area contributed by atoms with Crippen molar-refractivity contribution in [2.45, 2.75) is 51.1 Å². The van der Waals surface area contributed by atoms with Crippen LogP contribution in [0.25, 0.3) is 0 Å². The summed E-state index contributed by atoms with van der Waals surface area (Å²) in [5, 5.41) is 0. The number of rotatable bonds is 6. The van der Waals surface area contributed by atoms with E-state index in [9.17, 15) is 0 Å². The maximum Gasteiger partial charge on any atom is 0.119 e. The number of benzene rings is 1. The van der Waals surface area contributed by atoms with Crippen LogP contribution in [0.15, 0.2) is 18.2 Å². The van der Waals surface area contributed by atoms with E-state index in [1.54, 1.807) is 7.11 Å². The van der Waals surface area contributed by atoms with Crippen molar-refractivity contribution in [2.75, 3.05) is 20.7 Å². The Morgan fingerprint density at radius 2 is 2.15 bits per heavy atom. The molecular formula is C17H28N2O. The molecule has 2 unspecified atom stereocenters. The summed E-state index contributed by atoms with van der Waals surface area (Å²) in [5.41, 5.74) is 9.17. The van der Waals surface area contributed by atoms with E-state index in [2.05, 4.69) is 31.0 Å². The van der Waals surface area contributed by atoms with Crippen molar-refractivity contribution < 1.29 is 4.74 Å². The summed E-state index contributed by atoms with van der Waals surface area (Å²) in [7, 11) is 3.93. The lowest BCUT2D eigenvalue weighted by atomic mass is 9.83. The molecule has 2 atom stereocenters. The molecule has 0 saturated carbocycles. The molecule has 20 heavy (non-hydrogen) atoms. The zero-order valence-corrected chi connectivity index (χ0v) is 13.1. The first-order chi connectivity index (χ1) is 9.67. The number of fused-ring (bicyclic) bond motifs is 1. The predicted molar refractivity (Wildman–Crippen MR) is 84.2 cm³/mol. The van der Waals surface area contributed by atoms with E-state index in [1.165, 1.54) is 30.4 Å². The van der Waals surface area contributed by atoms with Crippen LogP contribution in [-0.4, -0.2) is 31.6 Å². The summed E-state index contributed by atoms with van der Waals surface area (Å²) in [6, 6.07) is 6.87. The molecule has 2 N–H and O–H groups in total. The van der Waals surface area contributed by atoms with Gasteiger partial charge in [0.1, 0.15) is 5.75 Å². The van der Waals surface area contributed by atoms with Gasteiger partial charge in [-0.3, -0.25) is 0 Å². The number of likely N-dealkylation sites (N-methyl/N-ethyl adjacent to an activating group) is 1. The Morgan fingerprint density at radius 1 is 1.35 bits per heavy atom. The smallest absolute Gasteiger partial charge is 0.119 e. The Kier molecular flexibility index (Phi) is 5.44. The number of methoxy groups -OCH3 is 1. The van der Waals surface area contributed by atoms with Crippen LogP contribution in [0.1, 0.15) is 49.8 Å². The molecule has 1 aliphatic rings. The molecule has 0 aliphatic heterocycles. The van der Waals surface area contributed by atoms with Crippen molar-refractivity contribution >= 4 is 0 Å². The number of unbranched alkanes of at least 4 members (excludes halogenated alkanes) is 2. The van der Waals surface area contributed by atoms with Gasteiger partial charge < -0.3 is 15.4 Å². The summed E-state index contributed by atoms with van der Waals surface area (Å²) in [5.74, 6) is 0.911. The maximum atomic E-state index is 6.52. The van der Waals surface area contributed by atoms with Crippen molar-refractivity contribution in [1.29, 1.82) is 0 Å². The Labute approximate surface area is 123 Å². The van der Waals surface area contributed by atoms with E-state index in [0.29, 0.717) is 6.04 Å². The molecule has 3 nitrogen and oxygen atoms in total. The van der Waals surface area contributed by atoms with Crippen molar-refractivity contribution in [2.24, 2.45) is 5.73 Å². The average Bonchev–Trinajstić information content (AvgIpc) is 2.47. The molecule has 0 saturated heterocycles. The minimum absolute atomic E-state index is 0.0977. The summed E-state index contributed by atoms with van der Waals surface area (Å²) in [4.78, 5) is 2.45. The Balaban J connectivity index is 2.07. The molecule has 0 radical (unpaired) electrons. The molecule has 112 valence electrons. The molecule has 0 bridgehead atoms. The van der Waals surface area contributed by atoms with Crippen LogP contribution in [0.5, 0.6) is 5.75 Å². The molecule has 0 aromatic heterocycles. The van der Waals surface area contributed by atoms with Crippen LogP contribution >= 0.6 is 0 Å². The maximum absolute atomic E-state index is 6.52. The SMILES string of the molecule is CCCCCN(C)C1CCc2ccc(OC)cc2C1N. The van der Waals surface area contributed by atoms with Crippen molar-refractivity contribution in [1.82, 2.24) is 4.90 Å². The molecule has 0 spiro atoms. The quantitative estimate of drug-likeness (QED) is 0.811. The van der Waals surface area contributed by atoms with Crippen molar-refractivity contribution in [3.8, 4) is 5.75 Å². The van der Waals surface area contributed by atoms with Gasteiger partial charge in [0, 0.05) is 12.1 Å². The molecule has 1 aromatic rings. The monoisotopic (exact) mass is 276 g/mol. The van der Waals surface area contributed by atoms with Gasteiger partial charge in [0.25, 0.3) is 0 Å². The number of ether oxygens (including phenoxy) is 1. The Bertz CT molecular complexity index is 433. The van der Waals surface area contributed by atoms with Crippen LogP contribution in [-0.2, 0) is 6.42 Å². The van der Waals surface area contributed by atoms with E-state index < -0.39 is 0 Å². The summed E-state index contributed by atoms with van der Waals surface area (Å²) in [6.07, 6.45) is 6.11. The highest BCUT2D eigenvalue weighted by Gasteiger charge is 2.29. The Hall–Kier alpha value is -1.06. The van der Waals surface area contributed by atoms with Gasteiger partial charge in [0.05, 0.1) is 7.11 Å². The second kappa shape index (κ2) is 7.09. The second-order valence-corrected chi connectivity index (χ2v) is 5.88. The van der Waals surface area contributed by atoms with E-state index in [-0.39, 0.29) is 6.04 Å². The topological polar surface area (TPSA) is 38.5 Å². The van der Waals surface area contributed by atoms with Gasteiger partial charge in [-0.05, 0) is 56.1 Å². The lowest BCUT2D eigenvalue weighted by molar-refractivity contribution is 0.188. The largest absolute Gasteiger partial charge is 0.497 e. The fourth-order valence-corrected chi connectivity index (χ4v) is 3.20. The van der Waals surface area contributed by atoms with E-state index >= 15 is 0 Å². The van der Waals surface area contributed by atoms with Gasteiger partial charge in [-0.2, -0.15) is 0 Å². The highest BCUT2D eigenvalue weighted by molar-refractivity contribution is 5.40. The summed E-state index contributed by atoms with van der Waals surface area (Å²) in [6.45, 7) is 3.39. The first-order valence-corrected chi connectivity index (χ1v) is 7.80. The lowest BCUT2D eigenvalue weighted by Gasteiger charge is -2.37. The predicted octanol–water partition coefficient (Wildman–Crippen LogP) is 3.13. The number of nitrogens with zero attached hydrogens (tertiary/aromatic N) is 1. The molecule has 3 heteroatoms. The number of nitrogens with two attached hydrogens (primary N) is 1. The fourth-order valence-electron chi connectivity index (χ4n) is 3.20. The third-order valence-electron chi connectivity index (χ3n) is 4.52. The minimum atomic E-state index is 0.0977. The van der Waals surface area contributed by atoms with Crippen LogP contribution in [0.3, 0.4) is 0 Å². The highest BCUT2D eigenvalue weighted by atomic mass is 16.5. The van der Waals surface area contributed by atoms with Gasteiger partial charge in [0.15, 0.2) is 0 Å². The van der Waals surface area contributed by atoms with E-state index in [1.807, 2.05) is 6.07 Å². The zero-order chi connectivity index (χ0) is 14.5. The first kappa shape index (κ1) is 15.3. The first-order valence-electron chi connectivity index (χ1n) is 7.80. The van der Waals surface area contributed by atoms with Gasteiger partial charge >= 0.3 is 0 Å². The fraction of sp³-hybridized carbons (Fsp3) is 0.647. The standard InChI is InChI=1S/C17H28N2O/c1-4-5-6-11-19(2)16-10-8-13-7-9-14(20-3)12-15(13)17(16)18/h7,9,12,16-17H,4-6,8,10-11,18H2,1-3H3. The van der Waals surface area contributed by atoms with Crippen LogP contribution < -0.4 is 10.5 Å². The van der Waals surface area contributed by atoms with Gasteiger partial charge in [0.2, 0.25) is 0 Å². The Morgan fingerprint density at radius 3 is 2.85 bits per heavy atom. The third kappa shape index (κ3) is 3.33. The molecule has 0 fully saturated rings. The molecule has 2 rings (SSSR count). The lowest BCUT2D eigenvalue weighted by Crippen LogP contribution is -2.43. The summed E-state index contributed by atoms with van der Waals surface area (Å²) >= 11 is 0.